The molecule has 0 bridgehead atoms. The molecule has 0 aliphatic heterocycles. The lowest BCUT2D eigenvalue weighted by atomic mass is 9.90. The van der Waals surface area contributed by atoms with Crippen molar-refractivity contribution in [2.75, 3.05) is 5.32 Å². The molecule has 1 fully saturated rings. The number of sulfonamides is 1. The maximum atomic E-state index is 14.1. The van der Waals surface area contributed by atoms with Gasteiger partial charge in [0, 0.05) is 17.3 Å². The summed E-state index contributed by atoms with van der Waals surface area (Å²) < 4.78 is 41.2. The van der Waals surface area contributed by atoms with Gasteiger partial charge in [0.05, 0.1) is 0 Å². The van der Waals surface area contributed by atoms with Gasteiger partial charge in [-0.25, -0.2) is 17.5 Å². The summed E-state index contributed by atoms with van der Waals surface area (Å²) in [4.78, 5) is 12.2. The average molecular weight is 388 g/mol. The normalized spacial score (nSPS) is 16.6. The standard InChI is InChI=1S/C20H21FN2O3S/c21-17-11-8-14(12-19(17)27(25,26)23-15-9-10-15)20(24)22-18-7-3-5-13-4-1-2-6-16(13)18/h3,5,7-8,11-12,15,23H,1-2,4,6,9-10H2,(H,22,24). The van der Waals surface area contributed by atoms with E-state index in [1.54, 1.807) is 0 Å². The van der Waals surface area contributed by atoms with Crippen LogP contribution in [0.5, 0.6) is 0 Å². The molecule has 142 valence electrons. The first-order valence-corrected chi connectivity index (χ1v) is 10.7. The van der Waals surface area contributed by atoms with Crippen molar-refractivity contribution >= 4 is 21.6 Å². The molecule has 2 N–H and O–H groups in total. The Balaban J connectivity index is 1.60. The minimum atomic E-state index is -3.98. The van der Waals surface area contributed by atoms with E-state index < -0.39 is 26.6 Å². The van der Waals surface area contributed by atoms with Gasteiger partial charge in [-0.3, -0.25) is 4.79 Å². The van der Waals surface area contributed by atoms with Gasteiger partial charge >= 0.3 is 0 Å². The molecule has 2 aliphatic carbocycles. The van der Waals surface area contributed by atoms with E-state index in [9.17, 15) is 17.6 Å². The second-order valence-electron chi connectivity index (χ2n) is 7.15. The van der Waals surface area contributed by atoms with E-state index in [1.165, 1.54) is 11.6 Å². The smallest absolute Gasteiger partial charge is 0.255 e. The van der Waals surface area contributed by atoms with Gasteiger partial charge in [0.2, 0.25) is 10.0 Å². The second kappa shape index (κ2) is 7.05. The molecular weight excluding hydrogens is 367 g/mol. The summed E-state index contributed by atoms with van der Waals surface area (Å²) in [6.45, 7) is 0. The monoisotopic (exact) mass is 388 g/mol. The molecular formula is C20H21FN2O3S. The predicted molar refractivity (Wildman–Crippen MR) is 101 cm³/mol. The summed E-state index contributed by atoms with van der Waals surface area (Å²) in [6.07, 6.45) is 5.61. The average Bonchev–Trinajstić information content (AvgIpc) is 3.45. The minimum Gasteiger partial charge on any atom is -0.322 e. The second-order valence-corrected chi connectivity index (χ2v) is 8.83. The fourth-order valence-electron chi connectivity index (χ4n) is 3.43. The zero-order valence-corrected chi connectivity index (χ0v) is 15.6. The van der Waals surface area contributed by atoms with Gasteiger partial charge in [-0.2, -0.15) is 0 Å². The maximum absolute atomic E-state index is 14.1. The molecule has 0 radical (unpaired) electrons. The lowest BCUT2D eigenvalue weighted by Gasteiger charge is -2.19. The van der Waals surface area contributed by atoms with Crippen LogP contribution in [0.3, 0.4) is 0 Å². The Bertz CT molecular complexity index is 1000. The van der Waals surface area contributed by atoms with Gasteiger partial charge in [0.1, 0.15) is 10.7 Å². The van der Waals surface area contributed by atoms with E-state index in [2.05, 4.69) is 16.1 Å². The quantitative estimate of drug-likeness (QED) is 0.824. The highest BCUT2D eigenvalue weighted by molar-refractivity contribution is 7.89. The van der Waals surface area contributed by atoms with E-state index in [-0.39, 0.29) is 11.6 Å². The van der Waals surface area contributed by atoms with Crippen LogP contribution in [0.1, 0.15) is 47.2 Å². The molecule has 4 rings (SSSR count). The van der Waals surface area contributed by atoms with Crippen molar-refractivity contribution in [3.8, 4) is 0 Å². The van der Waals surface area contributed by atoms with Crippen LogP contribution in [-0.2, 0) is 22.9 Å². The molecule has 2 aliphatic rings. The zero-order valence-electron chi connectivity index (χ0n) is 14.8. The number of carbonyl (C=O) groups excluding carboxylic acids is 1. The number of amides is 1. The Morgan fingerprint density at radius 2 is 1.85 bits per heavy atom. The van der Waals surface area contributed by atoms with E-state index in [0.29, 0.717) is 0 Å². The Hall–Kier alpha value is -2.25. The number of anilines is 1. The van der Waals surface area contributed by atoms with Crippen LogP contribution in [-0.4, -0.2) is 20.4 Å². The fraction of sp³-hybridized carbons (Fsp3) is 0.350. The van der Waals surface area contributed by atoms with Crippen LogP contribution in [0.2, 0.25) is 0 Å². The number of halogens is 1. The third-order valence-electron chi connectivity index (χ3n) is 5.03. The Labute approximate surface area is 158 Å². The van der Waals surface area contributed by atoms with Gasteiger partial charge in [0.15, 0.2) is 0 Å². The lowest BCUT2D eigenvalue weighted by molar-refractivity contribution is 0.102. The molecule has 0 spiro atoms. The molecule has 0 atom stereocenters. The van der Waals surface area contributed by atoms with Crippen LogP contribution in [0, 0.1) is 5.82 Å². The van der Waals surface area contributed by atoms with Crippen LogP contribution in [0.25, 0.3) is 0 Å². The highest BCUT2D eigenvalue weighted by atomic mass is 32.2. The van der Waals surface area contributed by atoms with Crippen molar-refractivity contribution in [3.05, 3.63) is 58.9 Å². The molecule has 1 saturated carbocycles. The third kappa shape index (κ3) is 3.89. The molecule has 1 amide bonds. The van der Waals surface area contributed by atoms with Gasteiger partial charge < -0.3 is 5.32 Å². The Morgan fingerprint density at radius 1 is 1.07 bits per heavy atom. The summed E-state index contributed by atoms with van der Waals surface area (Å²) in [6, 6.07) is 9.11. The SMILES string of the molecule is O=C(Nc1cccc2c1CCCC2)c1ccc(F)c(S(=O)(=O)NC2CC2)c1. The number of hydrogen-bond acceptors (Lipinski definition) is 3. The molecule has 2 aromatic rings. The molecule has 7 heteroatoms. The van der Waals surface area contributed by atoms with Crippen LogP contribution in [0.15, 0.2) is 41.3 Å². The number of fused-ring (bicyclic) bond motifs is 1. The van der Waals surface area contributed by atoms with Gasteiger partial charge in [-0.05, 0) is 73.9 Å². The van der Waals surface area contributed by atoms with Crippen molar-refractivity contribution < 1.29 is 17.6 Å². The highest BCUT2D eigenvalue weighted by Crippen LogP contribution is 2.29. The van der Waals surface area contributed by atoms with E-state index >= 15 is 0 Å². The van der Waals surface area contributed by atoms with Crippen LogP contribution >= 0.6 is 0 Å². The molecule has 2 aromatic carbocycles. The molecule has 0 aromatic heterocycles. The minimum absolute atomic E-state index is 0.112. The fourth-order valence-corrected chi connectivity index (χ4v) is 4.84. The lowest BCUT2D eigenvalue weighted by Crippen LogP contribution is -2.27. The van der Waals surface area contributed by atoms with Gasteiger partial charge in [0.25, 0.3) is 5.91 Å². The number of benzene rings is 2. The zero-order chi connectivity index (χ0) is 19.0. The molecule has 27 heavy (non-hydrogen) atoms. The maximum Gasteiger partial charge on any atom is 0.255 e. The molecule has 0 heterocycles. The van der Waals surface area contributed by atoms with E-state index in [4.69, 9.17) is 0 Å². The Morgan fingerprint density at radius 3 is 2.63 bits per heavy atom. The Kier molecular flexibility index (Phi) is 4.74. The first-order valence-electron chi connectivity index (χ1n) is 9.18. The summed E-state index contributed by atoms with van der Waals surface area (Å²) in [5.41, 5.74) is 3.21. The first kappa shape index (κ1) is 18.1. The van der Waals surface area contributed by atoms with Crippen LogP contribution in [0.4, 0.5) is 10.1 Å². The largest absolute Gasteiger partial charge is 0.322 e. The number of aryl methyl sites for hydroxylation is 1. The number of carbonyl (C=O) groups is 1. The van der Waals surface area contributed by atoms with Crippen molar-refractivity contribution in [2.24, 2.45) is 0 Å². The highest BCUT2D eigenvalue weighted by Gasteiger charge is 2.30. The topological polar surface area (TPSA) is 75.3 Å². The molecule has 5 nitrogen and oxygen atoms in total. The van der Waals surface area contributed by atoms with Gasteiger partial charge in [-0.15, -0.1) is 0 Å². The van der Waals surface area contributed by atoms with Crippen molar-refractivity contribution in [1.29, 1.82) is 0 Å². The van der Waals surface area contributed by atoms with Crippen molar-refractivity contribution in [2.45, 2.75) is 49.5 Å². The summed E-state index contributed by atoms with van der Waals surface area (Å²) in [7, 11) is -3.98. The van der Waals surface area contributed by atoms with Crippen molar-refractivity contribution in [3.63, 3.8) is 0 Å². The van der Waals surface area contributed by atoms with E-state index in [1.807, 2.05) is 12.1 Å². The van der Waals surface area contributed by atoms with E-state index in [0.717, 1.165) is 61.9 Å². The molecule has 0 unspecified atom stereocenters. The number of rotatable bonds is 5. The van der Waals surface area contributed by atoms with Crippen LogP contribution < -0.4 is 10.0 Å². The van der Waals surface area contributed by atoms with Crippen molar-refractivity contribution in [1.82, 2.24) is 4.72 Å². The summed E-state index contributed by atoms with van der Waals surface area (Å²) in [5.74, 6) is -1.31. The summed E-state index contributed by atoms with van der Waals surface area (Å²) in [5, 5.41) is 2.86. The third-order valence-corrected chi connectivity index (χ3v) is 6.56. The van der Waals surface area contributed by atoms with Gasteiger partial charge in [-0.1, -0.05) is 12.1 Å². The predicted octanol–water partition coefficient (Wildman–Crippen LogP) is 3.40. The number of nitrogens with one attached hydrogen (secondary N) is 2. The first-order chi connectivity index (χ1) is 12.9. The summed E-state index contributed by atoms with van der Waals surface area (Å²) >= 11 is 0. The molecule has 0 saturated heterocycles. The number of hydrogen-bond donors (Lipinski definition) is 2.